The molecule has 8 heteroatoms. The first-order valence-corrected chi connectivity index (χ1v) is 13.9. The average Bonchev–Trinajstić information content (AvgIpc) is 2.90. The maximum absolute atomic E-state index is 13.9. The number of unbranched alkanes of at least 4 members (excludes halogenated alkanes) is 3. The predicted molar refractivity (Wildman–Crippen MR) is 157 cm³/mol. The van der Waals surface area contributed by atoms with E-state index in [1.165, 1.54) is 0 Å². The summed E-state index contributed by atoms with van der Waals surface area (Å²) in [6, 6.07) is 17.0. The normalized spacial score (nSPS) is 12.1. The molecule has 38 heavy (non-hydrogen) atoms. The molecule has 1 unspecified atom stereocenters. The Morgan fingerprint density at radius 2 is 1.74 bits per heavy atom. The summed E-state index contributed by atoms with van der Waals surface area (Å²) in [7, 11) is 0. The summed E-state index contributed by atoms with van der Waals surface area (Å²) in [4.78, 5) is 34.5. The lowest BCUT2D eigenvalue weighted by Gasteiger charge is -2.31. The van der Waals surface area contributed by atoms with E-state index in [1.54, 1.807) is 39.8 Å². The summed E-state index contributed by atoms with van der Waals surface area (Å²) >= 11 is 18.6. The number of aromatic nitrogens is 2. The van der Waals surface area contributed by atoms with E-state index in [2.05, 4.69) is 6.92 Å². The van der Waals surface area contributed by atoms with E-state index >= 15 is 0 Å². The maximum Gasteiger partial charge on any atom is 0.266 e. The molecular formula is C30H30Cl3N3O2. The lowest BCUT2D eigenvalue weighted by atomic mass is 10.1. The van der Waals surface area contributed by atoms with Gasteiger partial charge in [-0.15, -0.1) is 0 Å². The zero-order chi connectivity index (χ0) is 27.4. The summed E-state index contributed by atoms with van der Waals surface area (Å²) in [5.41, 5.74) is 2.31. The molecule has 0 spiro atoms. The van der Waals surface area contributed by atoms with E-state index in [1.807, 2.05) is 44.2 Å². The summed E-state index contributed by atoms with van der Waals surface area (Å²) < 4.78 is 1.61. The van der Waals surface area contributed by atoms with Gasteiger partial charge in [0.15, 0.2) is 0 Å². The van der Waals surface area contributed by atoms with Crippen LogP contribution in [0.5, 0.6) is 0 Å². The molecule has 0 bridgehead atoms. The number of aryl methyl sites for hydroxylation is 1. The van der Waals surface area contributed by atoms with E-state index in [9.17, 15) is 9.59 Å². The smallest absolute Gasteiger partial charge is 0.266 e. The molecule has 0 aliphatic rings. The number of carbonyl (C=O) groups is 1. The van der Waals surface area contributed by atoms with Gasteiger partial charge in [0.1, 0.15) is 5.82 Å². The first kappa shape index (κ1) is 28.2. The van der Waals surface area contributed by atoms with Crippen molar-refractivity contribution in [2.45, 2.75) is 52.5 Å². The number of fused-ring (bicyclic) bond motifs is 1. The van der Waals surface area contributed by atoms with Gasteiger partial charge in [-0.1, -0.05) is 73.1 Å². The number of rotatable bonds is 9. The molecule has 0 fully saturated rings. The molecule has 4 rings (SSSR count). The van der Waals surface area contributed by atoms with Crippen molar-refractivity contribution in [1.29, 1.82) is 0 Å². The molecule has 3 aromatic carbocycles. The summed E-state index contributed by atoms with van der Waals surface area (Å²) in [6.45, 7) is 6.46. The van der Waals surface area contributed by atoms with Crippen LogP contribution in [0, 0.1) is 6.92 Å². The van der Waals surface area contributed by atoms with Crippen molar-refractivity contribution in [1.82, 2.24) is 14.5 Å². The standard InChI is InChI=1S/C30H30Cl3N3O2/c1-4-5-6-9-16-35(29(37)21-12-14-24(32)25(33)18-21)20(3)28-34-26-11-8-7-10-23(26)30(38)36(28)27-15-13-22(31)17-19(27)2/h7-8,10-15,17-18,20H,4-6,9,16H2,1-3H3. The van der Waals surface area contributed by atoms with E-state index < -0.39 is 6.04 Å². The topological polar surface area (TPSA) is 55.2 Å². The van der Waals surface area contributed by atoms with Crippen molar-refractivity contribution in [3.05, 3.63) is 103 Å². The zero-order valence-electron chi connectivity index (χ0n) is 21.7. The molecule has 0 aliphatic heterocycles. The Bertz CT molecular complexity index is 1530. The highest BCUT2D eigenvalue weighted by Crippen LogP contribution is 2.29. The Balaban J connectivity index is 1.89. The minimum atomic E-state index is -0.522. The minimum absolute atomic E-state index is 0.198. The Labute approximate surface area is 238 Å². The van der Waals surface area contributed by atoms with Gasteiger partial charge in [0, 0.05) is 17.1 Å². The van der Waals surface area contributed by atoms with Gasteiger partial charge in [-0.05, 0) is 74.4 Å². The number of carbonyl (C=O) groups excluding carboxylic acids is 1. The highest BCUT2D eigenvalue weighted by atomic mass is 35.5. The number of amides is 1. The van der Waals surface area contributed by atoms with Gasteiger partial charge in [0.05, 0.1) is 32.7 Å². The Morgan fingerprint density at radius 1 is 0.974 bits per heavy atom. The van der Waals surface area contributed by atoms with Crippen molar-refractivity contribution in [3.8, 4) is 5.69 Å². The van der Waals surface area contributed by atoms with Crippen molar-refractivity contribution in [2.75, 3.05) is 6.54 Å². The molecule has 0 saturated carbocycles. The third-order valence-corrected chi connectivity index (χ3v) is 7.70. The molecule has 198 valence electrons. The summed E-state index contributed by atoms with van der Waals surface area (Å²) in [5.74, 6) is 0.275. The van der Waals surface area contributed by atoms with Crippen LogP contribution in [0.15, 0.2) is 65.5 Å². The zero-order valence-corrected chi connectivity index (χ0v) is 23.9. The average molecular weight is 571 g/mol. The fourth-order valence-corrected chi connectivity index (χ4v) is 5.17. The number of benzene rings is 3. The fourth-order valence-electron chi connectivity index (χ4n) is 4.65. The second-order valence-electron chi connectivity index (χ2n) is 9.42. The highest BCUT2D eigenvalue weighted by Gasteiger charge is 2.28. The second-order valence-corrected chi connectivity index (χ2v) is 10.7. The Hall–Kier alpha value is -2.86. The molecule has 4 aromatic rings. The number of nitrogens with zero attached hydrogens (tertiary/aromatic N) is 3. The highest BCUT2D eigenvalue weighted by molar-refractivity contribution is 6.42. The lowest BCUT2D eigenvalue weighted by Crippen LogP contribution is -2.38. The van der Waals surface area contributed by atoms with Crippen molar-refractivity contribution < 1.29 is 4.79 Å². The van der Waals surface area contributed by atoms with Crippen molar-refractivity contribution >= 4 is 51.6 Å². The molecule has 0 aliphatic carbocycles. The van der Waals surface area contributed by atoms with Crippen LogP contribution in [0.25, 0.3) is 16.6 Å². The molecular weight excluding hydrogens is 541 g/mol. The quantitative estimate of drug-likeness (QED) is 0.190. The number of hydrogen-bond donors (Lipinski definition) is 0. The second kappa shape index (κ2) is 12.3. The van der Waals surface area contributed by atoms with Gasteiger partial charge in [0.25, 0.3) is 11.5 Å². The van der Waals surface area contributed by atoms with Gasteiger partial charge in [-0.3, -0.25) is 14.2 Å². The third-order valence-electron chi connectivity index (χ3n) is 6.72. The van der Waals surface area contributed by atoms with E-state index in [0.29, 0.717) is 49.6 Å². The predicted octanol–water partition coefficient (Wildman–Crippen LogP) is 8.44. The van der Waals surface area contributed by atoms with Crippen LogP contribution >= 0.6 is 34.8 Å². The molecule has 1 heterocycles. The SMILES string of the molecule is CCCCCCN(C(=O)c1ccc(Cl)c(Cl)c1)C(C)c1nc2ccccc2c(=O)n1-c1ccc(Cl)cc1C. The van der Waals surface area contributed by atoms with E-state index in [4.69, 9.17) is 39.8 Å². The van der Waals surface area contributed by atoms with Crippen LogP contribution < -0.4 is 5.56 Å². The first-order chi connectivity index (χ1) is 18.2. The molecule has 0 saturated heterocycles. The van der Waals surface area contributed by atoms with Gasteiger partial charge in [-0.25, -0.2) is 4.98 Å². The van der Waals surface area contributed by atoms with E-state index in [0.717, 1.165) is 31.2 Å². The van der Waals surface area contributed by atoms with Crippen molar-refractivity contribution in [3.63, 3.8) is 0 Å². The summed E-state index contributed by atoms with van der Waals surface area (Å²) in [6.07, 6.45) is 3.97. The minimum Gasteiger partial charge on any atom is -0.329 e. The lowest BCUT2D eigenvalue weighted by molar-refractivity contribution is 0.0677. The molecule has 0 radical (unpaired) electrons. The van der Waals surface area contributed by atoms with Crippen LogP contribution in [0.1, 0.15) is 67.3 Å². The first-order valence-electron chi connectivity index (χ1n) is 12.8. The third kappa shape index (κ3) is 5.90. The molecule has 5 nitrogen and oxygen atoms in total. The van der Waals surface area contributed by atoms with Gasteiger partial charge < -0.3 is 4.90 Å². The monoisotopic (exact) mass is 569 g/mol. The van der Waals surface area contributed by atoms with Crippen LogP contribution in [0.2, 0.25) is 15.1 Å². The van der Waals surface area contributed by atoms with Crippen LogP contribution in [0.4, 0.5) is 0 Å². The maximum atomic E-state index is 13.9. The number of para-hydroxylation sites is 1. The van der Waals surface area contributed by atoms with E-state index in [-0.39, 0.29) is 11.5 Å². The number of halogens is 3. The fraction of sp³-hybridized carbons (Fsp3) is 0.300. The Morgan fingerprint density at radius 3 is 2.45 bits per heavy atom. The summed E-state index contributed by atoms with van der Waals surface area (Å²) in [5, 5.41) is 1.78. The molecule has 1 amide bonds. The van der Waals surface area contributed by atoms with Crippen LogP contribution in [0.3, 0.4) is 0 Å². The Kier molecular flexibility index (Phi) is 9.14. The molecule has 1 aromatic heterocycles. The molecule has 0 N–H and O–H groups in total. The van der Waals surface area contributed by atoms with Gasteiger partial charge in [-0.2, -0.15) is 0 Å². The van der Waals surface area contributed by atoms with Crippen LogP contribution in [-0.4, -0.2) is 26.9 Å². The number of hydrogen-bond acceptors (Lipinski definition) is 3. The van der Waals surface area contributed by atoms with Gasteiger partial charge in [0.2, 0.25) is 0 Å². The van der Waals surface area contributed by atoms with Crippen LogP contribution in [-0.2, 0) is 0 Å². The van der Waals surface area contributed by atoms with Crippen molar-refractivity contribution in [2.24, 2.45) is 0 Å². The molecule has 1 atom stereocenters. The van der Waals surface area contributed by atoms with Gasteiger partial charge >= 0.3 is 0 Å². The largest absolute Gasteiger partial charge is 0.329 e.